The molecular weight excluding hydrogens is 312 g/mol. The van der Waals surface area contributed by atoms with Gasteiger partial charge in [0.2, 0.25) is 0 Å². The number of hydrogen-bond donors (Lipinski definition) is 2. The molecule has 3 aromatic carbocycles. The molecule has 0 fully saturated rings. The third-order valence-electron chi connectivity index (χ3n) is 3.74. The van der Waals surface area contributed by atoms with Crippen molar-refractivity contribution in [2.24, 2.45) is 0 Å². The van der Waals surface area contributed by atoms with Crippen LogP contribution >= 0.6 is 0 Å². The van der Waals surface area contributed by atoms with Crippen LogP contribution in [0.25, 0.3) is 0 Å². The lowest BCUT2D eigenvalue weighted by Gasteiger charge is -2.07. The van der Waals surface area contributed by atoms with Crippen LogP contribution in [0.3, 0.4) is 0 Å². The van der Waals surface area contributed by atoms with Gasteiger partial charge in [0.1, 0.15) is 0 Å². The van der Waals surface area contributed by atoms with Gasteiger partial charge in [0.05, 0.1) is 0 Å². The van der Waals surface area contributed by atoms with E-state index in [0.29, 0.717) is 17.7 Å². The minimum absolute atomic E-state index is 0.119. The van der Waals surface area contributed by atoms with Crippen LogP contribution in [-0.2, 0) is 6.54 Å². The minimum Gasteiger partial charge on any atom is -0.348 e. The molecule has 4 heteroatoms. The Labute approximate surface area is 146 Å². The van der Waals surface area contributed by atoms with E-state index in [9.17, 15) is 9.59 Å². The van der Waals surface area contributed by atoms with Gasteiger partial charge in [-0.3, -0.25) is 9.59 Å². The average molecular weight is 330 g/mol. The van der Waals surface area contributed by atoms with Gasteiger partial charge >= 0.3 is 0 Å². The van der Waals surface area contributed by atoms with Gasteiger partial charge in [-0.15, -0.1) is 0 Å². The Balaban J connectivity index is 1.57. The normalized spacial score (nSPS) is 10.1. The van der Waals surface area contributed by atoms with Gasteiger partial charge in [0.15, 0.2) is 0 Å². The first-order valence-corrected chi connectivity index (χ1v) is 8.01. The minimum atomic E-state index is -0.161. The van der Waals surface area contributed by atoms with Crippen molar-refractivity contribution in [1.29, 1.82) is 0 Å². The number of hydrogen-bond acceptors (Lipinski definition) is 2. The van der Waals surface area contributed by atoms with Crippen LogP contribution in [0.1, 0.15) is 26.3 Å². The molecule has 2 amide bonds. The highest BCUT2D eigenvalue weighted by Crippen LogP contribution is 2.10. The van der Waals surface area contributed by atoms with E-state index in [-0.39, 0.29) is 11.8 Å². The molecule has 0 atom stereocenters. The summed E-state index contributed by atoms with van der Waals surface area (Å²) < 4.78 is 0. The van der Waals surface area contributed by atoms with Crippen molar-refractivity contribution in [3.63, 3.8) is 0 Å². The first-order valence-electron chi connectivity index (χ1n) is 8.01. The van der Waals surface area contributed by atoms with Crippen LogP contribution < -0.4 is 10.6 Å². The molecule has 0 spiro atoms. The fourth-order valence-electron chi connectivity index (χ4n) is 2.37. The first kappa shape index (κ1) is 16.5. The van der Waals surface area contributed by atoms with E-state index in [2.05, 4.69) is 10.6 Å². The van der Waals surface area contributed by atoms with E-state index in [4.69, 9.17) is 0 Å². The van der Waals surface area contributed by atoms with Gasteiger partial charge < -0.3 is 10.6 Å². The van der Waals surface area contributed by atoms with Crippen LogP contribution in [0.4, 0.5) is 5.69 Å². The number of rotatable bonds is 5. The zero-order valence-electron chi connectivity index (χ0n) is 13.6. The second-order valence-electron chi connectivity index (χ2n) is 5.57. The number of para-hydroxylation sites is 1. The highest BCUT2D eigenvalue weighted by atomic mass is 16.2. The van der Waals surface area contributed by atoms with Crippen molar-refractivity contribution >= 4 is 17.5 Å². The summed E-state index contributed by atoms with van der Waals surface area (Å²) >= 11 is 0. The summed E-state index contributed by atoms with van der Waals surface area (Å²) in [5, 5.41) is 5.70. The van der Waals surface area contributed by atoms with E-state index >= 15 is 0 Å². The fraction of sp³-hybridized carbons (Fsp3) is 0.0476. The van der Waals surface area contributed by atoms with Gasteiger partial charge in [-0.25, -0.2) is 0 Å². The summed E-state index contributed by atoms with van der Waals surface area (Å²) in [6.07, 6.45) is 0. The van der Waals surface area contributed by atoms with E-state index in [1.54, 1.807) is 24.3 Å². The Hall–Kier alpha value is -3.40. The topological polar surface area (TPSA) is 58.2 Å². The lowest BCUT2D eigenvalue weighted by molar-refractivity contribution is 0.0950. The Morgan fingerprint density at radius 3 is 1.84 bits per heavy atom. The van der Waals surface area contributed by atoms with Gasteiger partial charge in [0.25, 0.3) is 11.8 Å². The van der Waals surface area contributed by atoms with Crippen molar-refractivity contribution in [3.8, 4) is 0 Å². The molecule has 0 heterocycles. The van der Waals surface area contributed by atoms with Crippen LogP contribution in [0.2, 0.25) is 0 Å². The van der Waals surface area contributed by atoms with E-state index < -0.39 is 0 Å². The summed E-state index contributed by atoms with van der Waals surface area (Å²) in [6, 6.07) is 25.6. The molecule has 0 bridgehead atoms. The highest BCUT2D eigenvalue weighted by Gasteiger charge is 2.07. The number of benzene rings is 3. The predicted octanol–water partition coefficient (Wildman–Crippen LogP) is 3.87. The van der Waals surface area contributed by atoms with Crippen LogP contribution in [0.15, 0.2) is 84.9 Å². The summed E-state index contributed by atoms with van der Waals surface area (Å²) in [4.78, 5) is 24.2. The molecule has 0 saturated carbocycles. The molecule has 0 aliphatic rings. The van der Waals surface area contributed by atoms with Gasteiger partial charge in [0, 0.05) is 23.4 Å². The summed E-state index contributed by atoms with van der Waals surface area (Å²) in [5.74, 6) is -0.280. The van der Waals surface area contributed by atoms with E-state index in [1.165, 1.54) is 0 Å². The molecule has 0 aliphatic heterocycles. The fourth-order valence-corrected chi connectivity index (χ4v) is 2.37. The molecular formula is C21H18N2O2. The number of carbonyl (C=O) groups is 2. The van der Waals surface area contributed by atoms with Crippen LogP contribution in [0, 0.1) is 0 Å². The van der Waals surface area contributed by atoms with Gasteiger partial charge in [-0.1, -0.05) is 48.5 Å². The molecule has 0 aliphatic carbocycles. The van der Waals surface area contributed by atoms with E-state index in [0.717, 1.165) is 11.3 Å². The quantitative estimate of drug-likeness (QED) is 0.746. The Bertz CT molecular complexity index is 844. The standard InChI is InChI=1S/C21H18N2O2/c24-20(17-7-3-1-4-8-17)22-15-16-11-13-18(14-12-16)21(25)23-19-9-5-2-6-10-19/h1-14H,15H2,(H,22,24)(H,23,25). The molecule has 4 nitrogen and oxygen atoms in total. The third kappa shape index (κ3) is 4.54. The highest BCUT2D eigenvalue weighted by molar-refractivity contribution is 6.04. The molecule has 3 aromatic rings. The summed E-state index contributed by atoms with van der Waals surface area (Å²) in [6.45, 7) is 0.411. The van der Waals surface area contributed by atoms with Gasteiger partial charge in [-0.2, -0.15) is 0 Å². The molecule has 0 radical (unpaired) electrons. The summed E-state index contributed by atoms with van der Waals surface area (Å²) in [7, 11) is 0. The largest absolute Gasteiger partial charge is 0.348 e. The number of amides is 2. The second kappa shape index (κ2) is 7.93. The second-order valence-corrected chi connectivity index (χ2v) is 5.57. The maximum atomic E-state index is 12.2. The predicted molar refractivity (Wildman–Crippen MR) is 98.4 cm³/mol. The lowest BCUT2D eigenvalue weighted by Crippen LogP contribution is -2.22. The molecule has 2 N–H and O–H groups in total. The van der Waals surface area contributed by atoms with Crippen molar-refractivity contribution in [2.45, 2.75) is 6.54 Å². The third-order valence-corrected chi connectivity index (χ3v) is 3.74. The van der Waals surface area contributed by atoms with Crippen molar-refractivity contribution in [2.75, 3.05) is 5.32 Å². The van der Waals surface area contributed by atoms with Crippen molar-refractivity contribution in [1.82, 2.24) is 5.32 Å². The number of carbonyl (C=O) groups excluding carboxylic acids is 2. The zero-order valence-corrected chi connectivity index (χ0v) is 13.6. The van der Waals surface area contributed by atoms with E-state index in [1.807, 2.05) is 60.7 Å². The first-order chi connectivity index (χ1) is 12.2. The van der Waals surface area contributed by atoms with Crippen LogP contribution in [0.5, 0.6) is 0 Å². The molecule has 0 unspecified atom stereocenters. The molecule has 3 rings (SSSR count). The molecule has 0 saturated heterocycles. The number of nitrogens with one attached hydrogen (secondary N) is 2. The maximum absolute atomic E-state index is 12.2. The zero-order chi connectivity index (χ0) is 17.5. The molecule has 25 heavy (non-hydrogen) atoms. The van der Waals surface area contributed by atoms with Crippen LogP contribution in [-0.4, -0.2) is 11.8 Å². The Morgan fingerprint density at radius 2 is 1.20 bits per heavy atom. The Morgan fingerprint density at radius 1 is 0.640 bits per heavy atom. The average Bonchev–Trinajstić information content (AvgIpc) is 2.68. The monoisotopic (exact) mass is 330 g/mol. The van der Waals surface area contributed by atoms with Crippen molar-refractivity contribution < 1.29 is 9.59 Å². The molecule has 0 aromatic heterocycles. The number of anilines is 1. The van der Waals surface area contributed by atoms with Gasteiger partial charge in [-0.05, 0) is 42.0 Å². The SMILES string of the molecule is O=C(NCc1ccc(C(=O)Nc2ccccc2)cc1)c1ccccc1. The smallest absolute Gasteiger partial charge is 0.255 e. The molecule has 124 valence electrons. The van der Waals surface area contributed by atoms with Crippen molar-refractivity contribution in [3.05, 3.63) is 102 Å². The lowest BCUT2D eigenvalue weighted by atomic mass is 10.1. The Kier molecular flexibility index (Phi) is 5.22. The maximum Gasteiger partial charge on any atom is 0.255 e. The summed E-state index contributed by atoms with van der Waals surface area (Å²) in [5.41, 5.74) is 2.88.